The standard InChI is InChI=1S/C24H26FN3O3S/c1-17(30-21-15-9-8-14-20(21)25)23-26-27-24(31-23)32-16-22(29)28(18-10-4-2-5-11-18)19-12-6-3-7-13-19/h2,4-5,8-11,14-15,17,19H,3,6-7,12-13,16H2,1H3. The average Bonchev–Trinajstić information content (AvgIpc) is 3.30. The van der Waals surface area contributed by atoms with Crippen molar-refractivity contribution >= 4 is 23.4 Å². The lowest BCUT2D eigenvalue weighted by molar-refractivity contribution is -0.116. The van der Waals surface area contributed by atoms with E-state index in [1.807, 2.05) is 35.2 Å². The fourth-order valence-corrected chi connectivity index (χ4v) is 4.53. The van der Waals surface area contributed by atoms with E-state index in [1.54, 1.807) is 25.1 Å². The van der Waals surface area contributed by atoms with Crippen molar-refractivity contribution < 1.29 is 18.3 Å². The highest BCUT2D eigenvalue weighted by Crippen LogP contribution is 2.30. The molecule has 1 aromatic heterocycles. The van der Waals surface area contributed by atoms with Gasteiger partial charge in [-0.3, -0.25) is 4.79 Å². The summed E-state index contributed by atoms with van der Waals surface area (Å²) in [5.74, 6) is 0.102. The summed E-state index contributed by atoms with van der Waals surface area (Å²) in [4.78, 5) is 15.1. The van der Waals surface area contributed by atoms with Crippen LogP contribution in [-0.2, 0) is 4.79 Å². The Hall–Kier alpha value is -2.87. The molecular formula is C24H26FN3O3S. The molecule has 0 aliphatic heterocycles. The van der Waals surface area contributed by atoms with E-state index in [2.05, 4.69) is 10.2 Å². The lowest BCUT2D eigenvalue weighted by atomic mass is 9.93. The Balaban J connectivity index is 1.39. The molecule has 1 amide bonds. The van der Waals surface area contributed by atoms with Gasteiger partial charge in [0.2, 0.25) is 5.91 Å². The third kappa shape index (κ3) is 5.48. The van der Waals surface area contributed by atoms with Crippen LogP contribution in [0.3, 0.4) is 0 Å². The summed E-state index contributed by atoms with van der Waals surface area (Å²) in [5, 5.41) is 8.31. The topological polar surface area (TPSA) is 68.5 Å². The van der Waals surface area contributed by atoms with Gasteiger partial charge in [-0.2, -0.15) is 0 Å². The van der Waals surface area contributed by atoms with Crippen molar-refractivity contribution in [1.29, 1.82) is 0 Å². The van der Waals surface area contributed by atoms with Crippen molar-refractivity contribution in [2.75, 3.05) is 10.7 Å². The second-order valence-corrected chi connectivity index (χ2v) is 8.70. The molecule has 2 aromatic carbocycles. The summed E-state index contributed by atoms with van der Waals surface area (Å²) < 4.78 is 25.1. The number of ether oxygens (including phenoxy) is 1. The van der Waals surface area contributed by atoms with Gasteiger partial charge in [-0.1, -0.05) is 61.4 Å². The summed E-state index contributed by atoms with van der Waals surface area (Å²) in [6.07, 6.45) is 4.91. The molecule has 0 saturated heterocycles. The highest BCUT2D eigenvalue weighted by molar-refractivity contribution is 7.99. The molecule has 1 unspecified atom stereocenters. The Labute approximate surface area is 191 Å². The van der Waals surface area contributed by atoms with Gasteiger partial charge in [0.15, 0.2) is 17.7 Å². The van der Waals surface area contributed by atoms with Crippen LogP contribution in [0.1, 0.15) is 51.0 Å². The molecule has 4 rings (SSSR count). The van der Waals surface area contributed by atoms with Gasteiger partial charge in [0.25, 0.3) is 11.1 Å². The fourth-order valence-electron chi connectivity index (χ4n) is 3.90. The number of thioether (sulfide) groups is 1. The molecule has 1 atom stereocenters. The Kier molecular flexibility index (Phi) is 7.42. The highest BCUT2D eigenvalue weighted by atomic mass is 32.2. The summed E-state index contributed by atoms with van der Waals surface area (Å²) in [5.41, 5.74) is 0.920. The molecule has 1 fully saturated rings. The predicted molar refractivity (Wildman–Crippen MR) is 121 cm³/mol. The zero-order chi connectivity index (χ0) is 22.3. The number of rotatable bonds is 8. The van der Waals surface area contributed by atoms with Gasteiger partial charge in [0.05, 0.1) is 5.75 Å². The Bertz CT molecular complexity index is 1020. The molecular weight excluding hydrogens is 429 g/mol. The first-order chi connectivity index (χ1) is 15.6. The van der Waals surface area contributed by atoms with E-state index in [0.29, 0.717) is 0 Å². The van der Waals surface area contributed by atoms with Crippen LogP contribution in [0, 0.1) is 5.82 Å². The van der Waals surface area contributed by atoms with Crippen LogP contribution < -0.4 is 9.64 Å². The third-order valence-corrected chi connectivity index (χ3v) is 6.28. The molecule has 1 aliphatic rings. The normalized spacial score (nSPS) is 15.3. The number of hydrogen-bond acceptors (Lipinski definition) is 6. The second kappa shape index (κ2) is 10.6. The summed E-state index contributed by atoms with van der Waals surface area (Å²) in [7, 11) is 0. The molecule has 168 valence electrons. The first-order valence-corrected chi connectivity index (χ1v) is 11.8. The maximum Gasteiger partial charge on any atom is 0.277 e. The molecule has 0 bridgehead atoms. The van der Waals surface area contributed by atoms with Gasteiger partial charge in [0.1, 0.15) is 0 Å². The van der Waals surface area contributed by atoms with E-state index in [1.165, 1.54) is 24.2 Å². The Morgan fingerprint density at radius 1 is 1.12 bits per heavy atom. The fraction of sp³-hybridized carbons (Fsp3) is 0.375. The van der Waals surface area contributed by atoms with E-state index in [9.17, 15) is 9.18 Å². The van der Waals surface area contributed by atoms with Crippen LogP contribution >= 0.6 is 11.8 Å². The molecule has 6 nitrogen and oxygen atoms in total. The van der Waals surface area contributed by atoms with Crippen molar-refractivity contribution in [1.82, 2.24) is 10.2 Å². The minimum absolute atomic E-state index is 0.0171. The van der Waals surface area contributed by atoms with E-state index in [-0.39, 0.29) is 34.6 Å². The zero-order valence-electron chi connectivity index (χ0n) is 17.9. The molecule has 1 saturated carbocycles. The number of benzene rings is 2. The number of halogens is 1. The summed E-state index contributed by atoms with van der Waals surface area (Å²) in [6, 6.07) is 16.2. The van der Waals surface area contributed by atoms with Gasteiger partial charge in [-0.05, 0) is 44.0 Å². The molecule has 32 heavy (non-hydrogen) atoms. The molecule has 1 aliphatic carbocycles. The van der Waals surface area contributed by atoms with E-state index in [0.717, 1.165) is 31.4 Å². The average molecular weight is 456 g/mol. The smallest absolute Gasteiger partial charge is 0.277 e. The number of carbonyl (C=O) groups is 1. The third-order valence-electron chi connectivity index (χ3n) is 5.47. The van der Waals surface area contributed by atoms with Crippen LogP contribution in [0.15, 0.2) is 64.2 Å². The summed E-state index contributed by atoms with van der Waals surface area (Å²) in [6.45, 7) is 1.71. The van der Waals surface area contributed by atoms with Crippen molar-refractivity contribution in [2.24, 2.45) is 0 Å². The monoisotopic (exact) mass is 455 g/mol. The lowest BCUT2D eigenvalue weighted by Gasteiger charge is -2.34. The molecule has 0 N–H and O–H groups in total. The largest absolute Gasteiger partial charge is 0.478 e. The Morgan fingerprint density at radius 3 is 2.59 bits per heavy atom. The van der Waals surface area contributed by atoms with E-state index in [4.69, 9.17) is 9.15 Å². The van der Waals surface area contributed by atoms with Gasteiger partial charge in [-0.15, -0.1) is 10.2 Å². The minimum atomic E-state index is -0.618. The molecule has 0 radical (unpaired) electrons. The number of aromatic nitrogens is 2. The number of amides is 1. The highest BCUT2D eigenvalue weighted by Gasteiger charge is 2.27. The molecule has 8 heteroatoms. The molecule has 1 heterocycles. The number of nitrogens with zero attached hydrogens (tertiary/aromatic N) is 3. The van der Waals surface area contributed by atoms with Crippen molar-refractivity contribution in [2.45, 2.75) is 56.4 Å². The van der Waals surface area contributed by atoms with Crippen LogP contribution in [-0.4, -0.2) is 27.9 Å². The number of anilines is 1. The van der Waals surface area contributed by atoms with Crippen molar-refractivity contribution in [3.05, 3.63) is 66.3 Å². The van der Waals surface area contributed by atoms with Crippen LogP contribution in [0.5, 0.6) is 5.75 Å². The van der Waals surface area contributed by atoms with Gasteiger partial charge in [0, 0.05) is 11.7 Å². The van der Waals surface area contributed by atoms with Gasteiger partial charge in [-0.25, -0.2) is 4.39 Å². The predicted octanol–water partition coefficient (Wildman–Crippen LogP) is 5.81. The van der Waals surface area contributed by atoms with Gasteiger partial charge >= 0.3 is 0 Å². The van der Waals surface area contributed by atoms with Gasteiger partial charge < -0.3 is 14.1 Å². The summed E-state index contributed by atoms with van der Waals surface area (Å²) >= 11 is 1.20. The lowest BCUT2D eigenvalue weighted by Crippen LogP contribution is -2.42. The number of hydrogen-bond donors (Lipinski definition) is 0. The van der Waals surface area contributed by atoms with Crippen molar-refractivity contribution in [3.63, 3.8) is 0 Å². The van der Waals surface area contributed by atoms with Crippen LogP contribution in [0.2, 0.25) is 0 Å². The SMILES string of the molecule is CC(Oc1ccccc1F)c1nnc(SCC(=O)N(c2ccccc2)C2CCCCC2)o1. The first kappa shape index (κ1) is 22.3. The second-order valence-electron chi connectivity index (χ2n) is 7.78. The zero-order valence-corrected chi connectivity index (χ0v) is 18.8. The minimum Gasteiger partial charge on any atom is -0.478 e. The maximum absolute atomic E-state index is 13.8. The molecule has 3 aromatic rings. The van der Waals surface area contributed by atoms with Crippen LogP contribution in [0.4, 0.5) is 10.1 Å². The van der Waals surface area contributed by atoms with Crippen LogP contribution in [0.25, 0.3) is 0 Å². The van der Waals surface area contributed by atoms with E-state index >= 15 is 0 Å². The van der Waals surface area contributed by atoms with E-state index < -0.39 is 11.9 Å². The Morgan fingerprint density at radius 2 is 1.84 bits per heavy atom. The quantitative estimate of drug-likeness (QED) is 0.400. The number of para-hydroxylation sites is 2. The first-order valence-electron chi connectivity index (χ1n) is 10.9. The number of carbonyl (C=O) groups excluding carboxylic acids is 1. The van der Waals surface area contributed by atoms with Crippen molar-refractivity contribution in [3.8, 4) is 5.75 Å². The molecule has 0 spiro atoms. The maximum atomic E-state index is 13.8.